The lowest BCUT2D eigenvalue weighted by Gasteiger charge is -2.06. The molecule has 1 heterocycles. The second-order valence-electron chi connectivity index (χ2n) is 3.15. The zero-order valence-electron chi connectivity index (χ0n) is 7.76. The third-order valence-corrected chi connectivity index (χ3v) is 2.53. The first-order valence-corrected chi connectivity index (χ1v) is 4.75. The normalized spacial score (nSPS) is 13.3. The number of ether oxygens (including phenoxy) is 1. The van der Waals surface area contributed by atoms with Crippen molar-refractivity contribution in [3.8, 4) is 0 Å². The van der Waals surface area contributed by atoms with Crippen LogP contribution in [0.5, 0.6) is 0 Å². The quantitative estimate of drug-likeness (QED) is 0.723. The van der Waals surface area contributed by atoms with Crippen LogP contribution >= 0.6 is 11.6 Å². The summed E-state index contributed by atoms with van der Waals surface area (Å²) in [6, 6.07) is 3.48. The number of hydrogen-bond donors (Lipinski definition) is 1. The Bertz CT molecular complexity index is 390. The number of carbonyl (C=O) groups excluding carboxylic acids is 1. The molecule has 0 saturated heterocycles. The average Bonchev–Trinajstić information content (AvgIpc) is 2.62. The van der Waals surface area contributed by atoms with Crippen LogP contribution < -0.4 is 5.32 Å². The van der Waals surface area contributed by atoms with Gasteiger partial charge in [-0.05, 0) is 24.1 Å². The Balaban J connectivity index is 2.54. The SMILES string of the molecule is COC(=O)c1cc(Cl)cc2c1CCN2. The van der Waals surface area contributed by atoms with Gasteiger partial charge in [0.2, 0.25) is 0 Å². The predicted octanol–water partition coefficient (Wildman–Crippen LogP) is 2.09. The molecule has 0 fully saturated rings. The Morgan fingerprint density at radius 3 is 3.07 bits per heavy atom. The monoisotopic (exact) mass is 211 g/mol. The molecular weight excluding hydrogens is 202 g/mol. The van der Waals surface area contributed by atoms with Crippen molar-refractivity contribution in [2.75, 3.05) is 19.0 Å². The molecule has 1 aromatic carbocycles. The summed E-state index contributed by atoms with van der Waals surface area (Å²) in [4.78, 5) is 11.4. The van der Waals surface area contributed by atoms with Crippen molar-refractivity contribution in [3.63, 3.8) is 0 Å². The van der Waals surface area contributed by atoms with Crippen LogP contribution in [0.4, 0.5) is 5.69 Å². The summed E-state index contributed by atoms with van der Waals surface area (Å²) in [6.07, 6.45) is 0.844. The highest BCUT2D eigenvalue weighted by Gasteiger charge is 2.20. The maximum absolute atomic E-state index is 11.4. The van der Waals surface area contributed by atoms with Gasteiger partial charge in [0, 0.05) is 17.3 Å². The number of hydrogen-bond acceptors (Lipinski definition) is 3. The highest BCUT2D eigenvalue weighted by Crippen LogP contribution is 2.29. The number of methoxy groups -OCH3 is 1. The van der Waals surface area contributed by atoms with Crippen molar-refractivity contribution in [2.45, 2.75) is 6.42 Å². The summed E-state index contributed by atoms with van der Waals surface area (Å²) in [6.45, 7) is 0.847. The number of nitrogens with one attached hydrogen (secondary N) is 1. The maximum Gasteiger partial charge on any atom is 0.338 e. The highest BCUT2D eigenvalue weighted by molar-refractivity contribution is 6.31. The lowest BCUT2D eigenvalue weighted by Crippen LogP contribution is -2.04. The first-order chi connectivity index (χ1) is 6.72. The fourth-order valence-corrected chi connectivity index (χ4v) is 1.90. The third kappa shape index (κ3) is 1.44. The van der Waals surface area contributed by atoms with Crippen molar-refractivity contribution in [2.24, 2.45) is 0 Å². The first kappa shape index (κ1) is 9.34. The molecule has 0 aromatic heterocycles. The molecule has 1 N–H and O–H groups in total. The molecule has 0 atom stereocenters. The zero-order valence-corrected chi connectivity index (χ0v) is 8.52. The minimum Gasteiger partial charge on any atom is -0.465 e. The van der Waals surface area contributed by atoms with Crippen LogP contribution in [0.25, 0.3) is 0 Å². The van der Waals surface area contributed by atoms with E-state index in [0.717, 1.165) is 24.2 Å². The molecule has 0 aliphatic carbocycles. The van der Waals surface area contributed by atoms with Crippen LogP contribution in [-0.4, -0.2) is 19.6 Å². The van der Waals surface area contributed by atoms with Gasteiger partial charge in [0.25, 0.3) is 0 Å². The average molecular weight is 212 g/mol. The largest absolute Gasteiger partial charge is 0.465 e. The van der Waals surface area contributed by atoms with E-state index in [1.54, 1.807) is 6.07 Å². The summed E-state index contributed by atoms with van der Waals surface area (Å²) >= 11 is 5.88. The molecular formula is C10H10ClNO2. The molecule has 0 saturated carbocycles. The van der Waals surface area contributed by atoms with E-state index in [9.17, 15) is 4.79 Å². The fraction of sp³-hybridized carbons (Fsp3) is 0.300. The minimum absolute atomic E-state index is 0.326. The van der Waals surface area contributed by atoms with Crippen LogP contribution in [0.3, 0.4) is 0 Å². The topological polar surface area (TPSA) is 38.3 Å². The van der Waals surface area contributed by atoms with Gasteiger partial charge >= 0.3 is 5.97 Å². The summed E-state index contributed by atoms with van der Waals surface area (Å²) in [7, 11) is 1.37. The standard InChI is InChI=1S/C10H10ClNO2/c1-14-10(13)8-4-6(11)5-9-7(8)2-3-12-9/h4-5,12H,2-3H2,1H3. The second-order valence-corrected chi connectivity index (χ2v) is 3.58. The lowest BCUT2D eigenvalue weighted by molar-refractivity contribution is 0.0600. The van der Waals surface area contributed by atoms with Gasteiger partial charge < -0.3 is 10.1 Å². The molecule has 1 aliphatic heterocycles. The zero-order chi connectivity index (χ0) is 10.1. The second kappa shape index (κ2) is 3.50. The van der Waals surface area contributed by atoms with Crippen molar-refractivity contribution in [3.05, 3.63) is 28.3 Å². The van der Waals surface area contributed by atoms with E-state index >= 15 is 0 Å². The summed E-state index contributed by atoms with van der Waals surface area (Å²) < 4.78 is 4.69. The van der Waals surface area contributed by atoms with E-state index in [0.29, 0.717) is 10.6 Å². The highest BCUT2D eigenvalue weighted by atomic mass is 35.5. The number of benzene rings is 1. The number of carbonyl (C=O) groups is 1. The van der Waals surface area contributed by atoms with Crippen molar-refractivity contribution in [1.82, 2.24) is 0 Å². The van der Waals surface area contributed by atoms with E-state index in [1.807, 2.05) is 6.07 Å². The fourth-order valence-electron chi connectivity index (χ4n) is 1.68. The van der Waals surface area contributed by atoms with Crippen molar-refractivity contribution in [1.29, 1.82) is 0 Å². The van der Waals surface area contributed by atoms with Gasteiger partial charge in [-0.25, -0.2) is 4.79 Å². The molecule has 0 spiro atoms. The predicted molar refractivity (Wildman–Crippen MR) is 55.0 cm³/mol. The number of rotatable bonds is 1. The molecule has 0 unspecified atom stereocenters. The molecule has 0 bridgehead atoms. The third-order valence-electron chi connectivity index (χ3n) is 2.31. The molecule has 2 rings (SSSR count). The van der Waals surface area contributed by atoms with Gasteiger partial charge in [0.15, 0.2) is 0 Å². The van der Waals surface area contributed by atoms with Crippen LogP contribution in [0.1, 0.15) is 15.9 Å². The Labute approximate surface area is 87.0 Å². The minimum atomic E-state index is -0.326. The number of anilines is 1. The Hall–Kier alpha value is -1.22. The van der Waals surface area contributed by atoms with Gasteiger partial charge in [0.1, 0.15) is 0 Å². The van der Waals surface area contributed by atoms with E-state index in [-0.39, 0.29) is 5.97 Å². The molecule has 74 valence electrons. The molecule has 4 heteroatoms. The maximum atomic E-state index is 11.4. The van der Waals surface area contributed by atoms with Crippen LogP contribution in [0.15, 0.2) is 12.1 Å². The number of esters is 1. The molecule has 0 radical (unpaired) electrons. The molecule has 1 aromatic rings. The van der Waals surface area contributed by atoms with Crippen LogP contribution in [0, 0.1) is 0 Å². The summed E-state index contributed by atoms with van der Waals surface area (Å²) in [5.74, 6) is -0.326. The molecule has 3 nitrogen and oxygen atoms in total. The van der Waals surface area contributed by atoms with E-state index in [4.69, 9.17) is 16.3 Å². The van der Waals surface area contributed by atoms with Crippen LogP contribution in [-0.2, 0) is 11.2 Å². The lowest BCUT2D eigenvalue weighted by atomic mass is 10.1. The van der Waals surface area contributed by atoms with Crippen molar-refractivity contribution >= 4 is 23.3 Å². The summed E-state index contributed by atoms with van der Waals surface area (Å²) in [5, 5.41) is 3.72. The first-order valence-electron chi connectivity index (χ1n) is 4.37. The Morgan fingerprint density at radius 2 is 2.36 bits per heavy atom. The van der Waals surface area contributed by atoms with E-state index < -0.39 is 0 Å². The van der Waals surface area contributed by atoms with Crippen LogP contribution in [0.2, 0.25) is 5.02 Å². The molecule has 1 aliphatic rings. The van der Waals surface area contributed by atoms with Gasteiger partial charge in [-0.15, -0.1) is 0 Å². The van der Waals surface area contributed by atoms with Gasteiger partial charge in [-0.2, -0.15) is 0 Å². The number of fused-ring (bicyclic) bond motifs is 1. The smallest absolute Gasteiger partial charge is 0.338 e. The van der Waals surface area contributed by atoms with Gasteiger partial charge in [-0.1, -0.05) is 11.6 Å². The molecule has 14 heavy (non-hydrogen) atoms. The molecule has 0 amide bonds. The van der Waals surface area contributed by atoms with Crippen molar-refractivity contribution < 1.29 is 9.53 Å². The van der Waals surface area contributed by atoms with Gasteiger partial charge in [-0.3, -0.25) is 0 Å². The Kier molecular flexibility index (Phi) is 2.33. The number of halogens is 1. The summed E-state index contributed by atoms with van der Waals surface area (Å²) in [5.41, 5.74) is 2.51. The van der Waals surface area contributed by atoms with E-state index in [1.165, 1.54) is 7.11 Å². The van der Waals surface area contributed by atoms with E-state index in [2.05, 4.69) is 5.32 Å². The Morgan fingerprint density at radius 1 is 1.57 bits per heavy atom. The van der Waals surface area contributed by atoms with Gasteiger partial charge in [0.05, 0.1) is 12.7 Å².